The molecule has 1 atom stereocenters. The van der Waals surface area contributed by atoms with E-state index in [0.717, 1.165) is 16.8 Å². The minimum Gasteiger partial charge on any atom is -0.383 e. The predicted molar refractivity (Wildman–Crippen MR) is 128 cm³/mol. The van der Waals surface area contributed by atoms with Gasteiger partial charge in [0.25, 0.3) is 5.89 Å². The topological polar surface area (TPSA) is 63.4 Å². The molecule has 0 radical (unpaired) electrons. The zero-order valence-corrected chi connectivity index (χ0v) is 19.6. The van der Waals surface area contributed by atoms with Crippen LogP contribution in [-0.2, 0) is 4.74 Å². The zero-order chi connectivity index (χ0) is 22.7. The van der Waals surface area contributed by atoms with Gasteiger partial charge in [0.1, 0.15) is 5.82 Å². The van der Waals surface area contributed by atoms with Crippen LogP contribution in [0.2, 0.25) is 0 Å². The summed E-state index contributed by atoms with van der Waals surface area (Å²) in [5.41, 5.74) is 3.30. The number of methoxy groups -OCH3 is 1. The molecule has 0 bridgehead atoms. The highest BCUT2D eigenvalue weighted by Gasteiger charge is 2.34. The van der Waals surface area contributed by atoms with Crippen molar-refractivity contribution >= 4 is 34.7 Å². The Morgan fingerprint density at radius 1 is 1.25 bits per heavy atom. The standard InChI is InChI=1S/C23H23FN4O2S2/c1-14-19(22-26-21(27-30-22)16-5-4-6-17(24)13-16)20(15-7-9-18(32-3)10-8-15)25-23(31)28(14)11-12-29-2/h4-10,13,20H,11-12H2,1-3H3,(H,25,31). The molecule has 1 N–H and O–H groups in total. The Hall–Kier alpha value is -2.75. The van der Waals surface area contributed by atoms with Crippen molar-refractivity contribution in [2.45, 2.75) is 17.9 Å². The van der Waals surface area contributed by atoms with E-state index < -0.39 is 0 Å². The molecule has 1 aliphatic rings. The molecule has 9 heteroatoms. The maximum atomic E-state index is 13.7. The molecule has 0 saturated heterocycles. The molecule has 1 aliphatic heterocycles. The summed E-state index contributed by atoms with van der Waals surface area (Å²) in [6.07, 6.45) is 2.04. The molecule has 166 valence electrons. The number of aromatic nitrogens is 2. The van der Waals surface area contributed by atoms with Crippen LogP contribution < -0.4 is 5.32 Å². The van der Waals surface area contributed by atoms with Crippen LogP contribution in [0.15, 0.2) is 63.6 Å². The van der Waals surface area contributed by atoms with E-state index in [-0.39, 0.29) is 11.9 Å². The number of nitrogens with zero attached hydrogens (tertiary/aromatic N) is 3. The van der Waals surface area contributed by atoms with E-state index in [1.165, 1.54) is 17.0 Å². The van der Waals surface area contributed by atoms with Gasteiger partial charge in [-0.2, -0.15) is 4.98 Å². The van der Waals surface area contributed by atoms with Crippen LogP contribution in [0.25, 0.3) is 17.0 Å². The van der Waals surface area contributed by atoms with Crippen molar-refractivity contribution in [1.29, 1.82) is 0 Å². The van der Waals surface area contributed by atoms with Gasteiger partial charge < -0.3 is 19.5 Å². The lowest BCUT2D eigenvalue weighted by Gasteiger charge is -2.37. The number of thiocarbonyl (C=S) groups is 1. The second kappa shape index (κ2) is 9.81. The van der Waals surface area contributed by atoms with Gasteiger partial charge in [0.05, 0.1) is 18.2 Å². The van der Waals surface area contributed by atoms with Crippen LogP contribution in [0.5, 0.6) is 0 Å². The number of hydrogen-bond acceptors (Lipinski definition) is 6. The van der Waals surface area contributed by atoms with Crippen molar-refractivity contribution in [3.63, 3.8) is 0 Å². The SMILES string of the molecule is COCCN1C(=S)NC(c2ccc(SC)cc2)C(c2nc(-c3cccc(F)c3)no2)=C1C. The van der Waals surface area contributed by atoms with Crippen molar-refractivity contribution < 1.29 is 13.7 Å². The Morgan fingerprint density at radius 2 is 2.03 bits per heavy atom. The van der Waals surface area contributed by atoms with Crippen molar-refractivity contribution in [2.75, 3.05) is 26.5 Å². The van der Waals surface area contributed by atoms with E-state index in [1.807, 2.05) is 18.1 Å². The van der Waals surface area contributed by atoms with Crippen molar-refractivity contribution in [3.8, 4) is 11.4 Å². The maximum Gasteiger partial charge on any atom is 0.258 e. The monoisotopic (exact) mass is 470 g/mol. The normalized spacial score (nSPS) is 16.4. The molecule has 0 spiro atoms. The van der Waals surface area contributed by atoms with Crippen molar-refractivity contribution in [3.05, 3.63) is 71.5 Å². The Morgan fingerprint density at radius 3 is 2.72 bits per heavy atom. The number of hydrogen-bond donors (Lipinski definition) is 1. The fourth-order valence-corrected chi connectivity index (χ4v) is 4.39. The van der Waals surface area contributed by atoms with E-state index in [1.54, 1.807) is 31.0 Å². The van der Waals surface area contributed by atoms with E-state index in [4.69, 9.17) is 21.5 Å². The van der Waals surface area contributed by atoms with E-state index >= 15 is 0 Å². The molecule has 0 amide bonds. The molecule has 0 aliphatic carbocycles. The summed E-state index contributed by atoms with van der Waals surface area (Å²) in [7, 11) is 1.65. The molecule has 0 saturated carbocycles. The Kier molecular flexibility index (Phi) is 6.88. The van der Waals surface area contributed by atoms with Crippen LogP contribution in [-0.4, -0.2) is 46.7 Å². The molecule has 1 unspecified atom stereocenters. The summed E-state index contributed by atoms with van der Waals surface area (Å²) in [5.74, 6) is 0.331. The summed E-state index contributed by atoms with van der Waals surface area (Å²) < 4.78 is 24.6. The largest absolute Gasteiger partial charge is 0.383 e. The smallest absolute Gasteiger partial charge is 0.258 e. The third-order valence-corrected chi connectivity index (χ3v) is 6.39. The molecule has 6 nitrogen and oxygen atoms in total. The average Bonchev–Trinajstić information content (AvgIpc) is 3.28. The molecule has 4 rings (SSSR count). The quantitative estimate of drug-likeness (QED) is 0.386. The molecular formula is C23H23FN4O2S2. The first kappa shape index (κ1) is 22.4. The van der Waals surface area contributed by atoms with Crippen molar-refractivity contribution in [2.24, 2.45) is 0 Å². The first-order valence-electron chi connectivity index (χ1n) is 10.0. The third-order valence-electron chi connectivity index (χ3n) is 5.30. The number of rotatable bonds is 7. The number of benzene rings is 2. The summed E-state index contributed by atoms with van der Waals surface area (Å²) in [5, 5.41) is 8.12. The first-order valence-corrected chi connectivity index (χ1v) is 11.7. The Balaban J connectivity index is 1.79. The molecule has 0 fully saturated rings. The van der Waals surface area contributed by atoms with Gasteiger partial charge in [0, 0.05) is 29.8 Å². The lowest BCUT2D eigenvalue weighted by atomic mass is 9.95. The number of thioether (sulfide) groups is 1. The fraction of sp³-hybridized carbons (Fsp3) is 0.261. The highest BCUT2D eigenvalue weighted by molar-refractivity contribution is 7.98. The lowest BCUT2D eigenvalue weighted by Crippen LogP contribution is -2.47. The molecular weight excluding hydrogens is 447 g/mol. The van der Waals surface area contributed by atoms with E-state index in [9.17, 15) is 4.39 Å². The number of ether oxygens (including phenoxy) is 1. The number of nitrogens with one attached hydrogen (secondary N) is 1. The lowest BCUT2D eigenvalue weighted by molar-refractivity contribution is 0.183. The van der Waals surface area contributed by atoms with Gasteiger partial charge in [-0.15, -0.1) is 11.8 Å². The average molecular weight is 471 g/mol. The highest BCUT2D eigenvalue weighted by atomic mass is 32.2. The first-order chi connectivity index (χ1) is 15.5. The van der Waals surface area contributed by atoms with E-state index in [2.05, 4.69) is 39.7 Å². The van der Waals surface area contributed by atoms with Gasteiger partial charge in [-0.1, -0.05) is 29.4 Å². The Bertz CT molecular complexity index is 1150. The highest BCUT2D eigenvalue weighted by Crippen LogP contribution is 2.37. The van der Waals surface area contributed by atoms with Gasteiger partial charge in [-0.25, -0.2) is 4.39 Å². The molecule has 1 aromatic heterocycles. The van der Waals surface area contributed by atoms with Crippen LogP contribution >= 0.6 is 24.0 Å². The van der Waals surface area contributed by atoms with Gasteiger partial charge in [0.2, 0.25) is 5.82 Å². The second-order valence-corrected chi connectivity index (χ2v) is 8.50. The van der Waals surface area contributed by atoms with Gasteiger partial charge in [-0.3, -0.25) is 0 Å². The predicted octanol–water partition coefficient (Wildman–Crippen LogP) is 4.91. The number of allylic oxidation sites excluding steroid dienone is 1. The summed E-state index contributed by atoms with van der Waals surface area (Å²) >= 11 is 7.34. The zero-order valence-electron chi connectivity index (χ0n) is 18.0. The fourth-order valence-electron chi connectivity index (χ4n) is 3.63. The van der Waals surface area contributed by atoms with Crippen molar-refractivity contribution in [1.82, 2.24) is 20.4 Å². The molecule has 2 aromatic carbocycles. The second-order valence-electron chi connectivity index (χ2n) is 7.23. The minimum absolute atomic E-state index is 0.266. The summed E-state index contributed by atoms with van der Waals surface area (Å²) in [4.78, 5) is 7.73. The maximum absolute atomic E-state index is 13.7. The molecule has 3 aromatic rings. The summed E-state index contributed by atoms with van der Waals surface area (Å²) in [6, 6.07) is 14.1. The van der Waals surface area contributed by atoms with Gasteiger partial charge >= 0.3 is 0 Å². The van der Waals surface area contributed by atoms with Gasteiger partial charge in [-0.05, 0) is 55.2 Å². The van der Waals surface area contributed by atoms with Crippen LogP contribution in [0.4, 0.5) is 4.39 Å². The van der Waals surface area contributed by atoms with Crippen LogP contribution in [0.3, 0.4) is 0 Å². The van der Waals surface area contributed by atoms with Crippen LogP contribution in [0.1, 0.15) is 24.4 Å². The van der Waals surface area contributed by atoms with E-state index in [0.29, 0.717) is 35.5 Å². The number of halogens is 1. The van der Waals surface area contributed by atoms with Gasteiger partial charge in [0.15, 0.2) is 5.11 Å². The van der Waals surface area contributed by atoms with Crippen LogP contribution in [0, 0.1) is 5.82 Å². The molecule has 32 heavy (non-hydrogen) atoms. The summed E-state index contributed by atoms with van der Waals surface area (Å²) in [6.45, 7) is 3.08. The molecule has 2 heterocycles. The third kappa shape index (κ3) is 4.55. The Labute approximate surface area is 195 Å². The minimum atomic E-state index is -0.355.